The van der Waals surface area contributed by atoms with Crippen molar-refractivity contribution in [3.63, 3.8) is 0 Å². The predicted octanol–water partition coefficient (Wildman–Crippen LogP) is 3.05. The highest BCUT2D eigenvalue weighted by atomic mass is 16.1. The minimum atomic E-state index is 0.0416. The maximum absolute atomic E-state index is 11.1. The molecule has 0 radical (unpaired) electrons. The second-order valence-electron chi connectivity index (χ2n) is 3.81. The van der Waals surface area contributed by atoms with E-state index in [0.717, 1.165) is 19.3 Å². The molecule has 1 amide bonds. The summed E-state index contributed by atoms with van der Waals surface area (Å²) in [6, 6.07) is 10.3. The van der Waals surface area contributed by atoms with Crippen molar-refractivity contribution in [1.29, 1.82) is 0 Å². The molecule has 0 aromatic heterocycles. The predicted molar refractivity (Wildman–Crippen MR) is 62.5 cm³/mol. The largest absolute Gasteiger partial charge is 0.350 e. The van der Waals surface area contributed by atoms with E-state index in [-0.39, 0.29) is 11.9 Å². The molecule has 2 nitrogen and oxygen atoms in total. The third-order valence-corrected chi connectivity index (χ3v) is 2.43. The lowest BCUT2D eigenvalue weighted by Crippen LogP contribution is -2.25. The first-order valence-corrected chi connectivity index (χ1v) is 5.56. The van der Waals surface area contributed by atoms with Crippen LogP contribution in [0.15, 0.2) is 30.3 Å². The summed E-state index contributed by atoms with van der Waals surface area (Å²) in [5.41, 5.74) is 1.20. The summed E-state index contributed by atoms with van der Waals surface area (Å²) in [5, 5.41) is 2.99. The van der Waals surface area contributed by atoms with Crippen molar-refractivity contribution in [3.05, 3.63) is 35.9 Å². The highest BCUT2D eigenvalue weighted by Crippen LogP contribution is 2.18. The van der Waals surface area contributed by atoms with Gasteiger partial charge in [0, 0.05) is 6.92 Å². The SMILES string of the molecule is CCCCC(NC(C)=O)c1ccccc1. The van der Waals surface area contributed by atoms with Gasteiger partial charge >= 0.3 is 0 Å². The first-order chi connectivity index (χ1) is 7.24. The maximum Gasteiger partial charge on any atom is 0.217 e. The Morgan fingerprint density at radius 3 is 2.53 bits per heavy atom. The Kier molecular flexibility index (Phi) is 4.88. The van der Waals surface area contributed by atoms with E-state index in [2.05, 4.69) is 24.4 Å². The van der Waals surface area contributed by atoms with Crippen molar-refractivity contribution in [3.8, 4) is 0 Å². The fraction of sp³-hybridized carbons (Fsp3) is 0.462. The Bertz CT molecular complexity index is 295. The molecule has 0 fully saturated rings. The molecule has 1 N–H and O–H groups in total. The Labute approximate surface area is 91.7 Å². The molecule has 2 heteroatoms. The minimum Gasteiger partial charge on any atom is -0.350 e. The number of benzene rings is 1. The number of rotatable bonds is 5. The monoisotopic (exact) mass is 205 g/mol. The number of hydrogen-bond donors (Lipinski definition) is 1. The van der Waals surface area contributed by atoms with E-state index in [4.69, 9.17) is 0 Å². The van der Waals surface area contributed by atoms with E-state index < -0.39 is 0 Å². The van der Waals surface area contributed by atoms with Crippen LogP contribution in [0.2, 0.25) is 0 Å². The molecule has 0 aliphatic carbocycles. The van der Waals surface area contributed by atoms with Gasteiger partial charge in [-0.15, -0.1) is 0 Å². The van der Waals surface area contributed by atoms with Crippen molar-refractivity contribution in [2.45, 2.75) is 39.2 Å². The number of carbonyl (C=O) groups excluding carboxylic acids is 1. The fourth-order valence-corrected chi connectivity index (χ4v) is 1.66. The summed E-state index contributed by atoms with van der Waals surface area (Å²) in [6.45, 7) is 3.73. The average molecular weight is 205 g/mol. The van der Waals surface area contributed by atoms with Gasteiger partial charge in [-0.3, -0.25) is 4.79 Å². The molecular weight excluding hydrogens is 186 g/mol. The Balaban J connectivity index is 2.67. The van der Waals surface area contributed by atoms with Gasteiger partial charge in [0.25, 0.3) is 0 Å². The summed E-state index contributed by atoms with van der Waals surface area (Å²) < 4.78 is 0. The Morgan fingerprint density at radius 1 is 1.33 bits per heavy atom. The third kappa shape index (κ3) is 4.15. The lowest BCUT2D eigenvalue weighted by atomic mass is 10.0. The molecule has 1 atom stereocenters. The second-order valence-corrected chi connectivity index (χ2v) is 3.81. The zero-order chi connectivity index (χ0) is 11.1. The summed E-state index contributed by atoms with van der Waals surface area (Å²) in [7, 11) is 0. The lowest BCUT2D eigenvalue weighted by Gasteiger charge is -2.17. The molecule has 1 aromatic carbocycles. The minimum absolute atomic E-state index is 0.0416. The van der Waals surface area contributed by atoms with Crippen LogP contribution in [-0.2, 0) is 4.79 Å². The van der Waals surface area contributed by atoms with Crippen LogP contribution < -0.4 is 5.32 Å². The van der Waals surface area contributed by atoms with Gasteiger partial charge in [-0.1, -0.05) is 50.1 Å². The van der Waals surface area contributed by atoms with Crippen LogP contribution in [-0.4, -0.2) is 5.91 Å². The van der Waals surface area contributed by atoms with Crippen molar-refractivity contribution >= 4 is 5.91 Å². The first-order valence-electron chi connectivity index (χ1n) is 5.56. The van der Waals surface area contributed by atoms with Gasteiger partial charge in [0.05, 0.1) is 6.04 Å². The molecule has 82 valence electrons. The normalized spacial score (nSPS) is 12.1. The molecule has 0 aliphatic heterocycles. The molecule has 0 bridgehead atoms. The summed E-state index contributed by atoms with van der Waals surface area (Å²) in [4.78, 5) is 11.1. The van der Waals surface area contributed by atoms with Gasteiger partial charge in [-0.25, -0.2) is 0 Å². The zero-order valence-corrected chi connectivity index (χ0v) is 9.49. The van der Waals surface area contributed by atoms with E-state index in [1.807, 2.05) is 18.2 Å². The van der Waals surface area contributed by atoms with Gasteiger partial charge < -0.3 is 5.32 Å². The quantitative estimate of drug-likeness (QED) is 0.786. The van der Waals surface area contributed by atoms with Gasteiger partial charge in [0.2, 0.25) is 5.91 Å². The second kappa shape index (κ2) is 6.23. The van der Waals surface area contributed by atoms with E-state index in [1.54, 1.807) is 6.92 Å². The standard InChI is InChI=1S/C13H19NO/c1-3-4-10-13(14-11(2)15)12-8-6-5-7-9-12/h5-9,13H,3-4,10H2,1-2H3,(H,14,15). The zero-order valence-electron chi connectivity index (χ0n) is 9.49. The van der Waals surface area contributed by atoms with Gasteiger partial charge in [0.1, 0.15) is 0 Å². The highest BCUT2D eigenvalue weighted by Gasteiger charge is 2.10. The number of nitrogens with one attached hydrogen (secondary N) is 1. The lowest BCUT2D eigenvalue weighted by molar-refractivity contribution is -0.119. The fourth-order valence-electron chi connectivity index (χ4n) is 1.66. The van der Waals surface area contributed by atoms with Gasteiger partial charge in [-0.05, 0) is 12.0 Å². The number of unbranched alkanes of at least 4 members (excludes halogenated alkanes) is 1. The van der Waals surface area contributed by atoms with E-state index in [9.17, 15) is 4.79 Å². The Hall–Kier alpha value is -1.31. The third-order valence-electron chi connectivity index (χ3n) is 2.43. The summed E-state index contributed by atoms with van der Waals surface area (Å²) >= 11 is 0. The van der Waals surface area contributed by atoms with Crippen molar-refractivity contribution < 1.29 is 4.79 Å². The first kappa shape index (κ1) is 11.8. The molecule has 1 unspecified atom stereocenters. The van der Waals surface area contributed by atoms with Crippen LogP contribution in [0, 0.1) is 0 Å². The van der Waals surface area contributed by atoms with Crippen LogP contribution in [0.5, 0.6) is 0 Å². The van der Waals surface area contributed by atoms with Gasteiger partial charge in [0.15, 0.2) is 0 Å². The molecule has 1 rings (SSSR count). The number of amides is 1. The van der Waals surface area contributed by atoms with Crippen molar-refractivity contribution in [2.75, 3.05) is 0 Å². The van der Waals surface area contributed by atoms with Crippen LogP contribution in [0.4, 0.5) is 0 Å². The van der Waals surface area contributed by atoms with Crippen LogP contribution in [0.25, 0.3) is 0 Å². The highest BCUT2D eigenvalue weighted by molar-refractivity contribution is 5.73. The average Bonchev–Trinajstić information content (AvgIpc) is 2.25. The van der Waals surface area contributed by atoms with Crippen LogP contribution in [0.1, 0.15) is 44.7 Å². The molecule has 0 saturated carbocycles. The van der Waals surface area contributed by atoms with E-state index >= 15 is 0 Å². The van der Waals surface area contributed by atoms with Crippen LogP contribution >= 0.6 is 0 Å². The molecule has 0 saturated heterocycles. The summed E-state index contributed by atoms with van der Waals surface area (Å²) in [6.07, 6.45) is 3.31. The van der Waals surface area contributed by atoms with Crippen molar-refractivity contribution in [1.82, 2.24) is 5.32 Å². The van der Waals surface area contributed by atoms with Gasteiger partial charge in [-0.2, -0.15) is 0 Å². The number of hydrogen-bond acceptors (Lipinski definition) is 1. The topological polar surface area (TPSA) is 29.1 Å². The molecule has 0 heterocycles. The maximum atomic E-state index is 11.1. The van der Waals surface area contributed by atoms with Crippen LogP contribution in [0.3, 0.4) is 0 Å². The van der Waals surface area contributed by atoms with E-state index in [1.165, 1.54) is 5.56 Å². The molecule has 15 heavy (non-hydrogen) atoms. The number of carbonyl (C=O) groups is 1. The van der Waals surface area contributed by atoms with E-state index in [0.29, 0.717) is 0 Å². The Morgan fingerprint density at radius 2 is 2.00 bits per heavy atom. The van der Waals surface area contributed by atoms with Crippen molar-refractivity contribution in [2.24, 2.45) is 0 Å². The molecule has 1 aromatic rings. The molecular formula is C13H19NO. The molecule has 0 aliphatic rings. The smallest absolute Gasteiger partial charge is 0.217 e. The summed E-state index contributed by atoms with van der Waals surface area (Å²) in [5.74, 6) is 0.0416. The molecule has 0 spiro atoms.